The molecule has 0 spiro atoms. The Hall–Kier alpha value is -0.180. The van der Waals surface area contributed by atoms with E-state index in [0.29, 0.717) is 0 Å². The molecule has 2 atom stereocenters. The molecule has 4 nitrogen and oxygen atoms in total. The van der Waals surface area contributed by atoms with Crippen LogP contribution in [0, 0.1) is 0 Å². The topological polar surface area (TPSA) is 77.8 Å². The van der Waals surface area contributed by atoms with Crippen LogP contribution in [0.3, 0.4) is 0 Å². The Morgan fingerprint density at radius 2 is 2.14 bits per heavy atom. The highest BCUT2D eigenvalue weighted by Crippen LogP contribution is 2.08. The predicted molar refractivity (Wildman–Crippen MR) is 24.2 cm³/mol. The first-order chi connectivity index (χ1) is 3.18. The predicted octanol–water partition coefficient (Wildman–Crippen LogP) is -1.02. The minimum absolute atomic E-state index is 0.932. The molecule has 5 heteroatoms. The van der Waals surface area contributed by atoms with Crippen molar-refractivity contribution in [2.24, 2.45) is 0 Å². The summed E-state index contributed by atoms with van der Waals surface area (Å²) in [5, 5.41) is 15.9. The molecule has 7 heavy (non-hydrogen) atoms. The molecule has 0 rings (SSSR count). The SMILES string of the molecule is O=C(O)C(O)PO. The highest BCUT2D eigenvalue weighted by Gasteiger charge is 2.09. The zero-order chi connectivity index (χ0) is 5.86. The number of carboxylic acids is 1. The number of rotatable bonds is 2. The van der Waals surface area contributed by atoms with Crippen LogP contribution in [0.2, 0.25) is 0 Å². The Labute approximate surface area is 41.6 Å². The van der Waals surface area contributed by atoms with Crippen LogP contribution in [0.5, 0.6) is 0 Å². The number of aliphatic hydroxyl groups excluding tert-OH is 1. The van der Waals surface area contributed by atoms with E-state index in [1.54, 1.807) is 0 Å². The number of hydrogen-bond donors (Lipinski definition) is 3. The molecule has 0 heterocycles. The van der Waals surface area contributed by atoms with E-state index in [1.165, 1.54) is 0 Å². The van der Waals surface area contributed by atoms with Crippen LogP contribution in [0.1, 0.15) is 0 Å². The number of carbonyl (C=O) groups is 1. The maximum absolute atomic E-state index is 9.53. The van der Waals surface area contributed by atoms with Crippen molar-refractivity contribution in [1.82, 2.24) is 0 Å². The zero-order valence-corrected chi connectivity index (χ0v) is 4.33. The van der Waals surface area contributed by atoms with E-state index in [9.17, 15) is 4.79 Å². The van der Waals surface area contributed by atoms with Gasteiger partial charge in [-0.2, -0.15) is 0 Å². The lowest BCUT2D eigenvalue weighted by Crippen LogP contribution is -2.12. The van der Waals surface area contributed by atoms with Crippen LogP contribution in [-0.4, -0.2) is 26.9 Å². The summed E-state index contributed by atoms with van der Waals surface area (Å²) in [5.74, 6) is -2.99. The Bertz CT molecular complexity index is 72.1. The summed E-state index contributed by atoms with van der Waals surface area (Å²) in [5.41, 5.74) is 0. The normalized spacial score (nSPS) is 15.1. The van der Waals surface area contributed by atoms with Gasteiger partial charge in [-0.3, -0.25) is 0 Å². The van der Waals surface area contributed by atoms with Gasteiger partial charge in [0.05, 0.1) is 8.81 Å². The maximum atomic E-state index is 9.53. The van der Waals surface area contributed by atoms with Gasteiger partial charge < -0.3 is 15.1 Å². The molecule has 0 aliphatic heterocycles. The standard InChI is InChI=1S/C2H5O4P/c3-1(4)2(5)7-6/h2,5-7H,(H,3,4). The average molecular weight is 124 g/mol. The molecular formula is C2H5O4P. The molecule has 2 unspecified atom stereocenters. The monoisotopic (exact) mass is 124 g/mol. The number of hydrogen-bond acceptors (Lipinski definition) is 3. The van der Waals surface area contributed by atoms with Crippen molar-refractivity contribution in [3.8, 4) is 0 Å². The summed E-state index contributed by atoms with van der Waals surface area (Å²) in [6, 6.07) is 0. The van der Waals surface area contributed by atoms with E-state index in [0.717, 1.165) is 0 Å². The Morgan fingerprint density at radius 1 is 1.71 bits per heavy atom. The zero-order valence-electron chi connectivity index (χ0n) is 3.33. The minimum Gasteiger partial charge on any atom is -0.479 e. The second-order valence-electron chi connectivity index (χ2n) is 0.870. The van der Waals surface area contributed by atoms with Gasteiger partial charge in [0.25, 0.3) is 0 Å². The van der Waals surface area contributed by atoms with Gasteiger partial charge in [-0.05, 0) is 0 Å². The minimum atomic E-state index is -1.60. The lowest BCUT2D eigenvalue weighted by Gasteiger charge is -1.94. The van der Waals surface area contributed by atoms with Gasteiger partial charge in [-0.1, -0.05) is 0 Å². The highest BCUT2D eigenvalue weighted by molar-refractivity contribution is 7.33. The van der Waals surface area contributed by atoms with Crippen molar-refractivity contribution in [2.75, 3.05) is 0 Å². The van der Waals surface area contributed by atoms with Gasteiger partial charge >= 0.3 is 5.97 Å². The molecule has 42 valence electrons. The first kappa shape index (κ1) is 6.82. The largest absolute Gasteiger partial charge is 0.479 e. The van der Waals surface area contributed by atoms with Crippen LogP contribution in [0.15, 0.2) is 0 Å². The van der Waals surface area contributed by atoms with Gasteiger partial charge in [0.15, 0.2) is 5.85 Å². The molecule has 0 fully saturated rings. The summed E-state index contributed by atoms with van der Waals surface area (Å²) in [7, 11) is -0.932. The fraction of sp³-hybridized carbons (Fsp3) is 0.500. The molecule has 0 bridgehead atoms. The summed E-state index contributed by atoms with van der Waals surface area (Å²) in [6.45, 7) is 0. The molecule has 0 saturated heterocycles. The second kappa shape index (κ2) is 2.91. The molecular weight excluding hydrogens is 119 g/mol. The molecule has 0 aromatic carbocycles. The van der Waals surface area contributed by atoms with Crippen molar-refractivity contribution in [1.29, 1.82) is 0 Å². The fourth-order valence-electron chi connectivity index (χ4n) is 0.0552. The molecule has 0 radical (unpaired) electrons. The van der Waals surface area contributed by atoms with Crippen LogP contribution in [-0.2, 0) is 4.79 Å². The van der Waals surface area contributed by atoms with Crippen molar-refractivity contribution in [3.63, 3.8) is 0 Å². The number of carboxylic acid groups (broad SMARTS) is 1. The van der Waals surface area contributed by atoms with Crippen LogP contribution in [0.4, 0.5) is 0 Å². The third-order valence-corrected chi connectivity index (χ3v) is 0.848. The van der Waals surface area contributed by atoms with Gasteiger partial charge in [0.2, 0.25) is 0 Å². The Balaban J connectivity index is 3.34. The lowest BCUT2D eigenvalue weighted by molar-refractivity contribution is -0.142. The third kappa shape index (κ3) is 2.51. The molecule has 0 amide bonds. The van der Waals surface area contributed by atoms with E-state index in [4.69, 9.17) is 15.1 Å². The second-order valence-corrected chi connectivity index (χ2v) is 1.67. The average Bonchev–Trinajstić information content (AvgIpc) is 1.65. The summed E-state index contributed by atoms with van der Waals surface area (Å²) in [6.07, 6.45) is 0. The highest BCUT2D eigenvalue weighted by atomic mass is 31.1. The summed E-state index contributed by atoms with van der Waals surface area (Å²) >= 11 is 0. The van der Waals surface area contributed by atoms with Gasteiger partial charge in [0, 0.05) is 0 Å². The van der Waals surface area contributed by atoms with Gasteiger partial charge in [-0.25, -0.2) is 4.79 Å². The van der Waals surface area contributed by atoms with Crippen molar-refractivity contribution in [2.45, 2.75) is 5.85 Å². The van der Waals surface area contributed by atoms with E-state index < -0.39 is 20.6 Å². The van der Waals surface area contributed by atoms with Gasteiger partial charge in [-0.15, -0.1) is 0 Å². The quantitative estimate of drug-likeness (QED) is 0.411. The van der Waals surface area contributed by atoms with E-state index in [2.05, 4.69) is 0 Å². The summed E-state index contributed by atoms with van der Waals surface area (Å²) in [4.78, 5) is 17.4. The Morgan fingerprint density at radius 3 is 2.14 bits per heavy atom. The number of aliphatic carboxylic acids is 1. The number of aliphatic hydroxyl groups is 1. The first-order valence-corrected chi connectivity index (χ1v) is 2.51. The van der Waals surface area contributed by atoms with Crippen LogP contribution < -0.4 is 0 Å². The molecule has 0 aromatic heterocycles. The van der Waals surface area contributed by atoms with Crippen molar-refractivity contribution in [3.05, 3.63) is 0 Å². The first-order valence-electron chi connectivity index (χ1n) is 1.49. The molecule has 3 N–H and O–H groups in total. The van der Waals surface area contributed by atoms with E-state index >= 15 is 0 Å². The van der Waals surface area contributed by atoms with Crippen molar-refractivity contribution >= 4 is 14.8 Å². The Kier molecular flexibility index (Phi) is 2.83. The lowest BCUT2D eigenvalue weighted by atomic mass is 10.7. The molecule has 0 aliphatic rings. The van der Waals surface area contributed by atoms with Crippen LogP contribution in [0.25, 0.3) is 0 Å². The molecule has 0 saturated carbocycles. The molecule has 0 aromatic rings. The van der Waals surface area contributed by atoms with Crippen molar-refractivity contribution < 1.29 is 19.9 Å². The molecule has 0 aliphatic carbocycles. The van der Waals surface area contributed by atoms with E-state index in [-0.39, 0.29) is 0 Å². The van der Waals surface area contributed by atoms with Crippen LogP contribution >= 0.6 is 8.81 Å². The summed E-state index contributed by atoms with van der Waals surface area (Å²) < 4.78 is 0. The third-order valence-electron chi connectivity index (χ3n) is 0.356. The van der Waals surface area contributed by atoms with E-state index in [1.807, 2.05) is 0 Å². The van der Waals surface area contributed by atoms with Gasteiger partial charge in [0.1, 0.15) is 0 Å². The smallest absolute Gasteiger partial charge is 0.339 e. The maximum Gasteiger partial charge on any atom is 0.339 e. The fourth-order valence-corrected chi connectivity index (χ4v) is 0.166.